The summed E-state index contributed by atoms with van der Waals surface area (Å²) in [5, 5.41) is 2.88. The molecule has 0 radical (unpaired) electrons. The van der Waals surface area contributed by atoms with Gasteiger partial charge in [-0.2, -0.15) is 0 Å². The van der Waals surface area contributed by atoms with Crippen LogP contribution in [-0.2, 0) is 22.6 Å². The van der Waals surface area contributed by atoms with Crippen LogP contribution in [0, 0.1) is 5.82 Å². The molecule has 0 fully saturated rings. The highest BCUT2D eigenvalue weighted by Crippen LogP contribution is 2.35. The predicted molar refractivity (Wildman–Crippen MR) is 137 cm³/mol. The minimum Gasteiger partial charge on any atom is -0.454 e. The fourth-order valence-electron chi connectivity index (χ4n) is 4.31. The van der Waals surface area contributed by atoms with Gasteiger partial charge in [0.1, 0.15) is 11.9 Å². The molecule has 1 N–H and O–H groups in total. The summed E-state index contributed by atoms with van der Waals surface area (Å²) in [7, 11) is 0. The molecule has 0 saturated carbocycles. The molecule has 1 atom stereocenters. The van der Waals surface area contributed by atoms with Crippen molar-refractivity contribution in [3.05, 3.63) is 126 Å². The normalized spacial score (nSPS) is 12.6. The summed E-state index contributed by atoms with van der Waals surface area (Å²) in [6, 6.07) is 28.5. The Bertz CT molecular complexity index is 1400. The Morgan fingerprint density at radius 2 is 1.51 bits per heavy atom. The van der Waals surface area contributed by atoms with Gasteiger partial charge in [0.2, 0.25) is 12.7 Å². The van der Waals surface area contributed by atoms with Crippen LogP contribution in [0.5, 0.6) is 11.5 Å². The highest BCUT2D eigenvalue weighted by molar-refractivity contribution is 5.98. The first-order valence-corrected chi connectivity index (χ1v) is 11.9. The average Bonchev–Trinajstić information content (AvgIpc) is 3.37. The molecule has 1 aliphatic rings. The third kappa shape index (κ3) is 5.78. The molecule has 4 aromatic carbocycles. The summed E-state index contributed by atoms with van der Waals surface area (Å²) >= 11 is 0. The summed E-state index contributed by atoms with van der Waals surface area (Å²) in [5.41, 5.74) is 2.52. The van der Waals surface area contributed by atoms with Crippen LogP contribution in [0.15, 0.2) is 103 Å². The van der Waals surface area contributed by atoms with E-state index in [0.717, 1.165) is 11.1 Å². The van der Waals surface area contributed by atoms with E-state index in [-0.39, 0.29) is 25.7 Å². The summed E-state index contributed by atoms with van der Waals surface area (Å²) in [6.45, 7) is 0.278. The van der Waals surface area contributed by atoms with Crippen molar-refractivity contribution < 1.29 is 23.5 Å². The van der Waals surface area contributed by atoms with E-state index in [4.69, 9.17) is 9.47 Å². The van der Waals surface area contributed by atoms with E-state index >= 15 is 0 Å². The number of nitrogens with zero attached hydrogens (tertiary/aromatic N) is 1. The number of ether oxygens (including phenoxy) is 2. The Kier molecular flexibility index (Phi) is 7.12. The maximum Gasteiger partial charge on any atom is 0.251 e. The molecule has 186 valence electrons. The van der Waals surface area contributed by atoms with Gasteiger partial charge in [0.15, 0.2) is 11.5 Å². The third-order valence-electron chi connectivity index (χ3n) is 6.08. The van der Waals surface area contributed by atoms with E-state index in [1.807, 2.05) is 60.7 Å². The first-order chi connectivity index (χ1) is 18.1. The summed E-state index contributed by atoms with van der Waals surface area (Å²) in [5.74, 6) is -0.120. The lowest BCUT2D eigenvalue weighted by Gasteiger charge is -2.32. The maximum absolute atomic E-state index is 14.3. The number of benzene rings is 4. The molecule has 4 aromatic rings. The summed E-state index contributed by atoms with van der Waals surface area (Å²) in [6.07, 6.45) is 0.0940. The van der Waals surface area contributed by atoms with Gasteiger partial charge >= 0.3 is 0 Å². The van der Waals surface area contributed by atoms with Crippen molar-refractivity contribution in [1.29, 1.82) is 0 Å². The first-order valence-electron chi connectivity index (χ1n) is 11.9. The lowest BCUT2D eigenvalue weighted by Crippen LogP contribution is -2.41. The zero-order chi connectivity index (χ0) is 25.6. The predicted octanol–water partition coefficient (Wildman–Crippen LogP) is 5.51. The van der Waals surface area contributed by atoms with Crippen molar-refractivity contribution in [2.75, 3.05) is 12.1 Å². The van der Waals surface area contributed by atoms with Gasteiger partial charge in [-0.25, -0.2) is 4.39 Å². The fraction of sp³-hybridized carbons (Fsp3) is 0.133. The van der Waals surface area contributed by atoms with Crippen LogP contribution in [0.4, 0.5) is 10.1 Å². The number of rotatable bonds is 8. The minimum absolute atomic E-state index is 0.0940. The van der Waals surface area contributed by atoms with Crippen molar-refractivity contribution in [3.8, 4) is 11.5 Å². The van der Waals surface area contributed by atoms with E-state index in [1.54, 1.807) is 24.3 Å². The molecule has 7 heteroatoms. The number of halogens is 1. The number of carbonyl (C=O) groups is 2. The van der Waals surface area contributed by atoms with E-state index in [9.17, 15) is 14.0 Å². The van der Waals surface area contributed by atoms with Crippen molar-refractivity contribution in [1.82, 2.24) is 4.90 Å². The van der Waals surface area contributed by atoms with Crippen LogP contribution in [0.2, 0.25) is 0 Å². The number of hydrogen-bond donors (Lipinski definition) is 1. The van der Waals surface area contributed by atoms with Gasteiger partial charge in [0.05, 0.1) is 6.42 Å². The number of fused-ring (bicyclic) bond motifs is 1. The van der Waals surface area contributed by atoms with Gasteiger partial charge in [-0.15, -0.1) is 0 Å². The molecule has 1 unspecified atom stereocenters. The lowest BCUT2D eigenvalue weighted by molar-refractivity contribution is -0.139. The molecule has 1 aliphatic heterocycles. The second kappa shape index (κ2) is 11.0. The Morgan fingerprint density at radius 3 is 2.24 bits per heavy atom. The Morgan fingerprint density at radius 1 is 0.811 bits per heavy atom. The van der Waals surface area contributed by atoms with Crippen LogP contribution in [0.1, 0.15) is 22.7 Å². The summed E-state index contributed by atoms with van der Waals surface area (Å²) < 4.78 is 25.1. The average molecular weight is 497 g/mol. The summed E-state index contributed by atoms with van der Waals surface area (Å²) in [4.78, 5) is 29.1. The molecule has 5 rings (SSSR count). The van der Waals surface area contributed by atoms with E-state index in [0.29, 0.717) is 22.7 Å². The number of nitrogens with one attached hydrogen (secondary N) is 1. The number of hydrogen-bond acceptors (Lipinski definition) is 4. The number of carbonyl (C=O) groups excluding carboxylic acids is 2. The van der Waals surface area contributed by atoms with E-state index in [2.05, 4.69) is 5.32 Å². The molecule has 2 amide bonds. The third-order valence-corrected chi connectivity index (χ3v) is 6.08. The number of anilines is 1. The second-order valence-corrected chi connectivity index (χ2v) is 8.68. The Balaban J connectivity index is 1.52. The molecule has 6 nitrogen and oxygen atoms in total. The molecular formula is C30H25FN2O4. The van der Waals surface area contributed by atoms with Gasteiger partial charge < -0.3 is 19.7 Å². The van der Waals surface area contributed by atoms with Crippen molar-refractivity contribution >= 4 is 17.5 Å². The van der Waals surface area contributed by atoms with Gasteiger partial charge in [0, 0.05) is 18.3 Å². The largest absolute Gasteiger partial charge is 0.454 e. The van der Waals surface area contributed by atoms with Crippen molar-refractivity contribution in [2.24, 2.45) is 0 Å². The van der Waals surface area contributed by atoms with Crippen LogP contribution in [0.25, 0.3) is 0 Å². The molecule has 1 heterocycles. The van der Waals surface area contributed by atoms with Crippen LogP contribution < -0.4 is 14.8 Å². The Hall–Kier alpha value is -4.65. The highest BCUT2D eigenvalue weighted by Gasteiger charge is 2.32. The zero-order valence-electron chi connectivity index (χ0n) is 20.0. The topological polar surface area (TPSA) is 67.9 Å². The quantitative estimate of drug-likeness (QED) is 0.350. The highest BCUT2D eigenvalue weighted by atomic mass is 19.1. The van der Waals surface area contributed by atoms with Gasteiger partial charge in [0.25, 0.3) is 5.91 Å². The number of amides is 2. The molecular weight excluding hydrogens is 471 g/mol. The van der Waals surface area contributed by atoms with Crippen LogP contribution >= 0.6 is 0 Å². The zero-order valence-corrected chi connectivity index (χ0v) is 20.0. The van der Waals surface area contributed by atoms with Gasteiger partial charge in [-0.1, -0.05) is 72.8 Å². The monoisotopic (exact) mass is 496 g/mol. The van der Waals surface area contributed by atoms with Crippen LogP contribution in [0.3, 0.4) is 0 Å². The van der Waals surface area contributed by atoms with Gasteiger partial charge in [-0.3, -0.25) is 9.59 Å². The Labute approximate surface area is 214 Å². The van der Waals surface area contributed by atoms with Crippen LogP contribution in [-0.4, -0.2) is 23.5 Å². The SMILES string of the molecule is O=C(Nc1ccc2c(c1)OCO2)C(c1cccc(F)c1)N(Cc1ccccc1)C(=O)Cc1ccccc1. The standard InChI is InChI=1S/C30H25FN2O4/c31-24-13-7-12-23(17-24)29(30(35)32-25-14-15-26-27(18-25)37-20-36-26)33(19-22-10-5-2-6-11-22)28(34)16-21-8-3-1-4-9-21/h1-15,17-18,29H,16,19-20H2,(H,32,35). The molecule has 0 spiro atoms. The second-order valence-electron chi connectivity index (χ2n) is 8.68. The molecule has 0 aromatic heterocycles. The first kappa shape index (κ1) is 24.1. The molecule has 0 saturated heterocycles. The van der Waals surface area contributed by atoms with Crippen molar-refractivity contribution in [3.63, 3.8) is 0 Å². The maximum atomic E-state index is 14.3. The molecule has 0 aliphatic carbocycles. The van der Waals surface area contributed by atoms with E-state index in [1.165, 1.54) is 23.1 Å². The van der Waals surface area contributed by atoms with E-state index < -0.39 is 17.8 Å². The van der Waals surface area contributed by atoms with Gasteiger partial charge in [-0.05, 0) is 41.0 Å². The molecule has 0 bridgehead atoms. The fourth-order valence-corrected chi connectivity index (χ4v) is 4.31. The minimum atomic E-state index is -1.09. The lowest BCUT2D eigenvalue weighted by atomic mass is 10.0. The molecule has 37 heavy (non-hydrogen) atoms. The van der Waals surface area contributed by atoms with Crippen molar-refractivity contribution in [2.45, 2.75) is 19.0 Å². The smallest absolute Gasteiger partial charge is 0.251 e.